The zero-order valence-corrected chi connectivity index (χ0v) is 9.48. The maximum absolute atomic E-state index is 5.93. The Balaban J connectivity index is 1.81. The highest BCUT2D eigenvalue weighted by Gasteiger charge is 2.41. The largest absolute Gasteiger partial charge is 0.366 e. The zero-order chi connectivity index (χ0) is 11.0. The minimum Gasteiger partial charge on any atom is -0.366 e. The Morgan fingerprint density at radius 1 is 1.50 bits per heavy atom. The average molecular weight is 238 g/mol. The monoisotopic (exact) mass is 237 g/mol. The molecule has 84 valence electrons. The van der Waals surface area contributed by atoms with Gasteiger partial charge < -0.3 is 5.32 Å². The number of fused-ring (bicyclic) bond motifs is 1. The fourth-order valence-corrected chi connectivity index (χ4v) is 2.05. The summed E-state index contributed by atoms with van der Waals surface area (Å²) in [6, 6.07) is 0. The fourth-order valence-electron chi connectivity index (χ4n) is 1.69. The van der Waals surface area contributed by atoms with Crippen LogP contribution in [0.2, 0.25) is 0 Å². The van der Waals surface area contributed by atoms with Crippen LogP contribution in [-0.4, -0.2) is 32.0 Å². The maximum atomic E-state index is 5.93. The topological polar surface area (TPSA) is 55.1 Å². The van der Waals surface area contributed by atoms with Crippen molar-refractivity contribution >= 4 is 23.1 Å². The molecule has 16 heavy (non-hydrogen) atoms. The smallest absolute Gasteiger partial charge is 0.203 e. The first-order chi connectivity index (χ1) is 7.83. The second-order valence-electron chi connectivity index (χ2n) is 4.32. The quantitative estimate of drug-likeness (QED) is 0.820. The average Bonchev–Trinajstić information content (AvgIpc) is 2.94. The molecule has 0 atom stereocenters. The number of nitrogens with zero attached hydrogens (tertiary/aromatic N) is 4. The van der Waals surface area contributed by atoms with Crippen molar-refractivity contribution in [3.8, 4) is 0 Å². The van der Waals surface area contributed by atoms with E-state index in [0.29, 0.717) is 5.88 Å². The number of anilines is 1. The van der Waals surface area contributed by atoms with E-state index in [1.807, 2.05) is 10.6 Å². The molecule has 2 heterocycles. The van der Waals surface area contributed by atoms with Crippen LogP contribution < -0.4 is 5.32 Å². The van der Waals surface area contributed by atoms with E-state index in [9.17, 15) is 0 Å². The van der Waals surface area contributed by atoms with E-state index in [4.69, 9.17) is 11.6 Å². The number of rotatable bonds is 4. The Morgan fingerprint density at radius 3 is 3.12 bits per heavy atom. The van der Waals surface area contributed by atoms with Gasteiger partial charge >= 0.3 is 0 Å². The Morgan fingerprint density at radius 2 is 2.38 bits per heavy atom. The third-order valence-electron chi connectivity index (χ3n) is 3.09. The predicted molar refractivity (Wildman–Crippen MR) is 61.7 cm³/mol. The predicted octanol–water partition coefficient (Wildman–Crippen LogP) is 1.56. The lowest BCUT2D eigenvalue weighted by Gasteiger charge is -2.12. The summed E-state index contributed by atoms with van der Waals surface area (Å²) in [5.74, 6) is 1.48. The molecule has 5 nitrogen and oxygen atoms in total. The van der Waals surface area contributed by atoms with Crippen LogP contribution >= 0.6 is 11.6 Å². The van der Waals surface area contributed by atoms with Crippen molar-refractivity contribution < 1.29 is 0 Å². The summed E-state index contributed by atoms with van der Waals surface area (Å²) < 4.78 is 1.84. The molecule has 0 saturated heterocycles. The first-order valence-electron chi connectivity index (χ1n) is 5.27. The zero-order valence-electron chi connectivity index (χ0n) is 8.73. The molecule has 1 fully saturated rings. The van der Waals surface area contributed by atoms with Gasteiger partial charge in [-0.05, 0) is 12.8 Å². The van der Waals surface area contributed by atoms with E-state index >= 15 is 0 Å². The van der Waals surface area contributed by atoms with Gasteiger partial charge in [-0.3, -0.25) is 4.40 Å². The number of aromatic nitrogens is 4. The van der Waals surface area contributed by atoms with Crippen molar-refractivity contribution in [1.82, 2.24) is 19.6 Å². The lowest BCUT2D eigenvalue weighted by atomic mass is 10.1. The third kappa shape index (κ3) is 1.61. The number of hydrogen-bond acceptors (Lipinski definition) is 4. The van der Waals surface area contributed by atoms with Gasteiger partial charge in [-0.2, -0.15) is 0 Å². The fraction of sp³-hybridized carbons (Fsp3) is 0.500. The Hall–Kier alpha value is -1.36. The van der Waals surface area contributed by atoms with Gasteiger partial charge in [0.2, 0.25) is 5.65 Å². The molecule has 1 aliphatic rings. The van der Waals surface area contributed by atoms with Crippen LogP contribution in [0, 0.1) is 5.41 Å². The summed E-state index contributed by atoms with van der Waals surface area (Å²) in [5, 5.41) is 11.2. The Bertz CT molecular complexity index is 505. The number of nitrogens with one attached hydrogen (secondary N) is 1. The summed E-state index contributed by atoms with van der Waals surface area (Å²) >= 11 is 5.93. The highest BCUT2D eigenvalue weighted by molar-refractivity contribution is 6.18. The van der Waals surface area contributed by atoms with E-state index < -0.39 is 0 Å². The molecule has 0 amide bonds. The molecule has 2 aromatic rings. The summed E-state index contributed by atoms with van der Waals surface area (Å²) in [5.41, 5.74) is 1.03. The Labute approximate surface area is 97.8 Å². The van der Waals surface area contributed by atoms with Crippen LogP contribution in [0.4, 0.5) is 5.82 Å². The number of alkyl halides is 1. The van der Waals surface area contributed by atoms with Crippen LogP contribution in [0.15, 0.2) is 18.7 Å². The summed E-state index contributed by atoms with van der Waals surface area (Å²) in [4.78, 5) is 4.27. The molecule has 0 aliphatic heterocycles. The normalized spacial score (nSPS) is 17.6. The first-order valence-corrected chi connectivity index (χ1v) is 5.81. The molecule has 2 aromatic heterocycles. The molecule has 0 aromatic carbocycles. The molecule has 6 heteroatoms. The van der Waals surface area contributed by atoms with Crippen molar-refractivity contribution in [2.24, 2.45) is 5.41 Å². The van der Waals surface area contributed by atoms with E-state index in [2.05, 4.69) is 20.5 Å². The lowest BCUT2D eigenvalue weighted by Crippen LogP contribution is -2.17. The van der Waals surface area contributed by atoms with E-state index in [1.54, 1.807) is 12.5 Å². The molecular weight excluding hydrogens is 226 g/mol. The molecule has 3 rings (SSSR count). The molecule has 0 bridgehead atoms. The van der Waals surface area contributed by atoms with Crippen LogP contribution in [-0.2, 0) is 0 Å². The summed E-state index contributed by atoms with van der Waals surface area (Å²) in [6.45, 7) is 0.857. The second kappa shape index (κ2) is 3.59. The van der Waals surface area contributed by atoms with Crippen molar-refractivity contribution in [3.05, 3.63) is 18.7 Å². The van der Waals surface area contributed by atoms with E-state index in [-0.39, 0.29) is 5.41 Å². The highest BCUT2D eigenvalue weighted by atomic mass is 35.5. The van der Waals surface area contributed by atoms with Crippen LogP contribution in [0.5, 0.6) is 0 Å². The molecule has 1 aliphatic carbocycles. The maximum Gasteiger partial charge on any atom is 0.203 e. The first kappa shape index (κ1) is 9.84. The number of hydrogen-bond donors (Lipinski definition) is 1. The second-order valence-corrected chi connectivity index (χ2v) is 4.59. The third-order valence-corrected chi connectivity index (χ3v) is 3.65. The van der Waals surface area contributed by atoms with Gasteiger partial charge in [0.05, 0.1) is 0 Å². The molecule has 1 saturated carbocycles. The van der Waals surface area contributed by atoms with E-state index in [1.165, 1.54) is 12.8 Å². The summed E-state index contributed by atoms with van der Waals surface area (Å²) in [6.07, 6.45) is 7.61. The minimum absolute atomic E-state index is 0.274. The SMILES string of the molecule is ClCC1(CNc2nccn3cnnc23)CC1. The number of halogens is 1. The van der Waals surface area contributed by atoms with Crippen molar-refractivity contribution in [2.45, 2.75) is 12.8 Å². The molecule has 0 unspecified atom stereocenters. The molecule has 1 N–H and O–H groups in total. The van der Waals surface area contributed by atoms with E-state index in [0.717, 1.165) is 18.0 Å². The van der Waals surface area contributed by atoms with Gasteiger partial charge in [-0.1, -0.05) is 0 Å². The van der Waals surface area contributed by atoms with Gasteiger partial charge in [0.1, 0.15) is 6.33 Å². The lowest BCUT2D eigenvalue weighted by molar-refractivity contribution is 0.617. The minimum atomic E-state index is 0.274. The standard InChI is InChI=1S/C10H12ClN5/c11-5-10(1-2-10)6-13-8-9-15-14-7-16(9)4-3-12-8/h3-4,7H,1-2,5-6H2,(H,12,13). The molecular formula is C10H12ClN5. The van der Waals surface area contributed by atoms with Crippen molar-refractivity contribution in [1.29, 1.82) is 0 Å². The van der Waals surface area contributed by atoms with Gasteiger partial charge in [0.25, 0.3) is 0 Å². The van der Waals surface area contributed by atoms with Crippen molar-refractivity contribution in [2.75, 3.05) is 17.7 Å². The highest BCUT2D eigenvalue weighted by Crippen LogP contribution is 2.46. The summed E-state index contributed by atoms with van der Waals surface area (Å²) in [7, 11) is 0. The van der Waals surface area contributed by atoms with Gasteiger partial charge in [0.15, 0.2) is 5.82 Å². The van der Waals surface area contributed by atoms with Gasteiger partial charge in [-0.15, -0.1) is 21.8 Å². The van der Waals surface area contributed by atoms with Crippen LogP contribution in [0.3, 0.4) is 0 Å². The molecule has 0 spiro atoms. The Kier molecular flexibility index (Phi) is 2.21. The van der Waals surface area contributed by atoms with Crippen LogP contribution in [0.25, 0.3) is 5.65 Å². The van der Waals surface area contributed by atoms with Crippen LogP contribution in [0.1, 0.15) is 12.8 Å². The molecule has 0 radical (unpaired) electrons. The van der Waals surface area contributed by atoms with Crippen molar-refractivity contribution in [3.63, 3.8) is 0 Å². The van der Waals surface area contributed by atoms with Gasteiger partial charge in [0, 0.05) is 30.2 Å². The van der Waals surface area contributed by atoms with Gasteiger partial charge in [-0.25, -0.2) is 4.98 Å².